The fraction of sp³-hybridized carbons (Fsp3) is 0.125. The van der Waals surface area contributed by atoms with Crippen LogP contribution < -0.4 is 5.32 Å². The van der Waals surface area contributed by atoms with E-state index in [-0.39, 0.29) is 5.91 Å². The zero-order valence-electron chi connectivity index (χ0n) is 12.0. The first kappa shape index (κ1) is 15.1. The second kappa shape index (κ2) is 5.74. The van der Waals surface area contributed by atoms with Gasteiger partial charge in [-0.15, -0.1) is 0 Å². The minimum atomic E-state index is -0.273. The number of nitrogens with zero attached hydrogens (tertiary/aromatic N) is 2. The quantitative estimate of drug-likeness (QED) is 0.711. The molecule has 0 bridgehead atoms. The molecule has 2 heterocycles. The van der Waals surface area contributed by atoms with Gasteiger partial charge in [-0.3, -0.25) is 4.79 Å². The van der Waals surface area contributed by atoms with Crippen molar-refractivity contribution >= 4 is 50.2 Å². The fourth-order valence-corrected chi connectivity index (χ4v) is 3.04. The number of hydrogen-bond donors (Lipinski definition) is 1. The van der Waals surface area contributed by atoms with E-state index in [0.717, 1.165) is 21.1 Å². The number of fused-ring (bicyclic) bond motifs is 1. The molecule has 0 radical (unpaired) electrons. The maximum absolute atomic E-state index is 12.4. The van der Waals surface area contributed by atoms with Crippen LogP contribution in [0.5, 0.6) is 0 Å². The Balaban J connectivity index is 1.99. The normalized spacial score (nSPS) is 10.9. The minimum Gasteiger partial charge on any atom is -0.335 e. The number of carbonyl (C=O) groups is 1. The third kappa shape index (κ3) is 2.62. The van der Waals surface area contributed by atoms with Gasteiger partial charge in [0.15, 0.2) is 0 Å². The molecule has 2 aromatic heterocycles. The number of benzene rings is 1. The van der Waals surface area contributed by atoms with Crippen molar-refractivity contribution in [3.05, 3.63) is 57.3 Å². The number of hydrogen-bond acceptors (Lipinski definition) is 2. The molecule has 6 heteroatoms. The molecule has 1 amide bonds. The van der Waals surface area contributed by atoms with Crippen LogP contribution in [0.1, 0.15) is 15.9 Å². The van der Waals surface area contributed by atoms with Crippen molar-refractivity contribution in [2.24, 2.45) is 7.05 Å². The predicted octanol–water partition coefficient (Wildman–Crippen LogP) is 4.55. The monoisotopic (exact) mass is 377 g/mol. The first-order valence-electron chi connectivity index (χ1n) is 6.64. The summed E-state index contributed by atoms with van der Waals surface area (Å²) in [5, 5.41) is 4.07. The van der Waals surface area contributed by atoms with Crippen LogP contribution in [0.3, 0.4) is 0 Å². The van der Waals surface area contributed by atoms with Crippen LogP contribution in [-0.2, 0) is 7.05 Å². The molecule has 0 spiro atoms. The van der Waals surface area contributed by atoms with E-state index in [1.807, 2.05) is 49.0 Å². The summed E-state index contributed by atoms with van der Waals surface area (Å²) < 4.78 is 2.85. The highest BCUT2D eigenvalue weighted by Gasteiger charge is 2.17. The number of halogens is 2. The van der Waals surface area contributed by atoms with Crippen LogP contribution in [0.25, 0.3) is 11.0 Å². The average molecular weight is 379 g/mol. The topological polar surface area (TPSA) is 46.9 Å². The Morgan fingerprint density at radius 3 is 2.68 bits per heavy atom. The van der Waals surface area contributed by atoms with Crippen LogP contribution >= 0.6 is 27.5 Å². The van der Waals surface area contributed by atoms with Gasteiger partial charge in [-0.1, -0.05) is 27.5 Å². The Labute approximate surface area is 141 Å². The number of nitrogens with one attached hydrogen (secondary N) is 1. The summed E-state index contributed by atoms with van der Waals surface area (Å²) in [4.78, 5) is 16.8. The van der Waals surface area contributed by atoms with E-state index < -0.39 is 0 Å². The molecule has 0 aliphatic heterocycles. The zero-order chi connectivity index (χ0) is 15.9. The number of carbonyl (C=O) groups excluding carboxylic acids is 1. The Morgan fingerprint density at radius 1 is 1.32 bits per heavy atom. The number of rotatable bonds is 2. The van der Waals surface area contributed by atoms with E-state index in [0.29, 0.717) is 16.3 Å². The van der Waals surface area contributed by atoms with Gasteiger partial charge >= 0.3 is 0 Å². The minimum absolute atomic E-state index is 0.273. The third-order valence-corrected chi connectivity index (χ3v) is 4.38. The molecule has 112 valence electrons. The molecule has 0 fully saturated rings. The van der Waals surface area contributed by atoms with E-state index >= 15 is 0 Å². The highest BCUT2D eigenvalue weighted by molar-refractivity contribution is 9.10. The Hall–Kier alpha value is -1.85. The Bertz CT molecular complexity index is 871. The lowest BCUT2D eigenvalue weighted by atomic mass is 10.1. The van der Waals surface area contributed by atoms with E-state index in [1.165, 1.54) is 6.20 Å². The summed E-state index contributed by atoms with van der Waals surface area (Å²) in [6, 6.07) is 7.35. The molecule has 0 aliphatic carbocycles. The van der Waals surface area contributed by atoms with Crippen LogP contribution in [0.15, 0.2) is 41.1 Å². The van der Waals surface area contributed by atoms with Gasteiger partial charge < -0.3 is 9.88 Å². The van der Waals surface area contributed by atoms with E-state index in [1.54, 1.807) is 0 Å². The molecule has 0 aliphatic rings. The Kier molecular flexibility index (Phi) is 3.93. The van der Waals surface area contributed by atoms with Crippen molar-refractivity contribution in [3.8, 4) is 0 Å². The van der Waals surface area contributed by atoms with Crippen molar-refractivity contribution in [2.45, 2.75) is 6.92 Å². The zero-order valence-corrected chi connectivity index (χ0v) is 14.4. The van der Waals surface area contributed by atoms with Crippen LogP contribution in [0, 0.1) is 6.92 Å². The number of aromatic nitrogens is 2. The Morgan fingerprint density at radius 2 is 2.00 bits per heavy atom. The van der Waals surface area contributed by atoms with Crippen molar-refractivity contribution in [3.63, 3.8) is 0 Å². The van der Waals surface area contributed by atoms with Crippen LogP contribution in [0.2, 0.25) is 5.02 Å². The largest absolute Gasteiger partial charge is 0.335 e. The maximum Gasteiger partial charge on any atom is 0.258 e. The standard InChI is InChI=1S/C16H13BrClN3O/c1-9-8-21(2)15-13(9)14(18)12(7-19-15)16(22)20-11-5-3-10(17)4-6-11/h3-8H,1-2H3,(H,20,22). The average Bonchev–Trinajstić information content (AvgIpc) is 2.77. The highest BCUT2D eigenvalue weighted by Crippen LogP contribution is 2.30. The molecule has 0 saturated heterocycles. The maximum atomic E-state index is 12.4. The van der Waals surface area contributed by atoms with Gasteiger partial charge in [0.2, 0.25) is 0 Å². The van der Waals surface area contributed by atoms with Gasteiger partial charge in [0.25, 0.3) is 5.91 Å². The smallest absolute Gasteiger partial charge is 0.258 e. The summed E-state index contributed by atoms with van der Waals surface area (Å²) in [5.41, 5.74) is 2.83. The molecular formula is C16H13BrClN3O. The van der Waals surface area contributed by atoms with Crippen molar-refractivity contribution in [2.75, 3.05) is 5.32 Å². The van der Waals surface area contributed by atoms with Crippen LogP contribution in [-0.4, -0.2) is 15.5 Å². The number of pyridine rings is 1. The van der Waals surface area contributed by atoms with Gasteiger partial charge in [-0.2, -0.15) is 0 Å². The molecule has 4 nitrogen and oxygen atoms in total. The van der Waals surface area contributed by atoms with Crippen LogP contribution in [0.4, 0.5) is 5.69 Å². The summed E-state index contributed by atoms with van der Waals surface area (Å²) in [6.45, 7) is 1.95. The van der Waals surface area contributed by atoms with Gasteiger partial charge in [0.05, 0.1) is 10.6 Å². The van der Waals surface area contributed by atoms with Gasteiger partial charge in [0, 0.05) is 35.0 Å². The molecular weight excluding hydrogens is 366 g/mol. The molecule has 0 atom stereocenters. The third-order valence-electron chi connectivity index (χ3n) is 3.46. The number of anilines is 1. The number of amides is 1. The number of aryl methyl sites for hydroxylation is 2. The molecule has 3 rings (SSSR count). The van der Waals surface area contributed by atoms with Crippen molar-refractivity contribution < 1.29 is 4.79 Å². The molecule has 1 N–H and O–H groups in total. The second-order valence-corrected chi connectivity index (χ2v) is 6.36. The van der Waals surface area contributed by atoms with Gasteiger partial charge in [-0.05, 0) is 36.8 Å². The molecule has 22 heavy (non-hydrogen) atoms. The van der Waals surface area contributed by atoms with Gasteiger partial charge in [0.1, 0.15) is 5.65 Å². The molecule has 1 aromatic carbocycles. The van der Waals surface area contributed by atoms with Crippen molar-refractivity contribution in [1.29, 1.82) is 0 Å². The SMILES string of the molecule is Cc1cn(C)c2ncc(C(=O)Nc3ccc(Br)cc3)c(Cl)c12. The summed E-state index contributed by atoms with van der Waals surface area (Å²) in [7, 11) is 1.90. The first-order chi connectivity index (χ1) is 10.5. The van der Waals surface area contributed by atoms with Crippen molar-refractivity contribution in [1.82, 2.24) is 9.55 Å². The first-order valence-corrected chi connectivity index (χ1v) is 7.81. The lowest BCUT2D eigenvalue weighted by molar-refractivity contribution is 0.102. The second-order valence-electron chi connectivity index (χ2n) is 5.07. The fourth-order valence-electron chi connectivity index (χ4n) is 2.40. The lowest BCUT2D eigenvalue weighted by Gasteiger charge is -2.08. The molecule has 0 saturated carbocycles. The molecule has 0 unspecified atom stereocenters. The lowest BCUT2D eigenvalue weighted by Crippen LogP contribution is -2.13. The summed E-state index contributed by atoms with van der Waals surface area (Å²) >= 11 is 9.78. The van der Waals surface area contributed by atoms with E-state index in [9.17, 15) is 4.79 Å². The molecule has 3 aromatic rings. The van der Waals surface area contributed by atoms with E-state index in [2.05, 4.69) is 26.2 Å². The predicted molar refractivity (Wildman–Crippen MR) is 92.6 cm³/mol. The summed E-state index contributed by atoms with van der Waals surface area (Å²) in [5.74, 6) is -0.273. The van der Waals surface area contributed by atoms with Gasteiger partial charge in [-0.25, -0.2) is 4.98 Å². The van der Waals surface area contributed by atoms with E-state index in [4.69, 9.17) is 11.6 Å². The summed E-state index contributed by atoms with van der Waals surface area (Å²) in [6.07, 6.45) is 3.46. The highest BCUT2D eigenvalue weighted by atomic mass is 79.9.